The van der Waals surface area contributed by atoms with Crippen molar-refractivity contribution in [3.8, 4) is 5.75 Å². The van der Waals surface area contributed by atoms with Crippen LogP contribution in [0.25, 0.3) is 0 Å². The van der Waals surface area contributed by atoms with Gasteiger partial charge >= 0.3 is 0 Å². The van der Waals surface area contributed by atoms with Gasteiger partial charge in [-0.15, -0.1) is 0 Å². The van der Waals surface area contributed by atoms with Gasteiger partial charge in [0, 0.05) is 44.8 Å². The third-order valence-electron chi connectivity index (χ3n) is 8.83. The largest absolute Gasteiger partial charge is 0.508 e. The molecule has 2 aromatic carbocycles. The SMILES string of the molecule is COC(OC)C1CCN(c2ccc([C@H]3c4ccc(O)cc4CC[C@H]3CC3CCCC3)cc2)CC1. The number of phenolic OH excluding ortho intramolecular Hbond substituents is 1. The number of ether oxygens (including phenoxy) is 2. The number of aryl methyl sites for hydroxylation is 1. The normalized spacial score (nSPS) is 24.0. The maximum Gasteiger partial charge on any atom is 0.159 e. The molecule has 1 saturated heterocycles. The van der Waals surface area contributed by atoms with E-state index in [9.17, 15) is 5.11 Å². The first-order valence-corrected chi connectivity index (χ1v) is 13.4. The van der Waals surface area contributed by atoms with E-state index in [1.807, 2.05) is 12.1 Å². The number of fused-ring (bicyclic) bond motifs is 1. The number of piperidine rings is 1. The third-order valence-corrected chi connectivity index (χ3v) is 8.83. The fourth-order valence-electron chi connectivity index (χ4n) is 7.06. The second kappa shape index (κ2) is 10.7. The maximum absolute atomic E-state index is 10.1. The van der Waals surface area contributed by atoms with E-state index in [0.717, 1.165) is 38.3 Å². The van der Waals surface area contributed by atoms with Gasteiger partial charge in [0.15, 0.2) is 6.29 Å². The molecule has 4 nitrogen and oxygen atoms in total. The van der Waals surface area contributed by atoms with E-state index >= 15 is 0 Å². The van der Waals surface area contributed by atoms with Crippen LogP contribution in [0.3, 0.4) is 0 Å². The molecule has 1 saturated carbocycles. The van der Waals surface area contributed by atoms with Crippen molar-refractivity contribution in [1.82, 2.24) is 0 Å². The summed E-state index contributed by atoms with van der Waals surface area (Å²) in [5.74, 6) is 2.90. The number of hydrogen-bond donors (Lipinski definition) is 1. The van der Waals surface area contributed by atoms with Crippen LogP contribution in [0.15, 0.2) is 42.5 Å². The number of rotatable bonds is 7. The fraction of sp³-hybridized carbons (Fsp3) is 0.600. The fourth-order valence-corrected chi connectivity index (χ4v) is 7.06. The Kier molecular flexibility index (Phi) is 7.46. The van der Waals surface area contributed by atoms with Crippen LogP contribution >= 0.6 is 0 Å². The van der Waals surface area contributed by atoms with Crippen molar-refractivity contribution < 1.29 is 14.6 Å². The zero-order valence-electron chi connectivity index (χ0n) is 20.9. The van der Waals surface area contributed by atoms with Gasteiger partial charge in [0.2, 0.25) is 0 Å². The van der Waals surface area contributed by atoms with Crippen LogP contribution in [0.1, 0.15) is 74.0 Å². The van der Waals surface area contributed by atoms with Gasteiger partial charge in [0.05, 0.1) is 0 Å². The van der Waals surface area contributed by atoms with E-state index in [-0.39, 0.29) is 6.29 Å². The second-order valence-electron chi connectivity index (χ2n) is 10.8. The molecule has 1 aliphatic heterocycles. The third kappa shape index (κ3) is 4.99. The molecule has 0 radical (unpaired) electrons. The highest BCUT2D eigenvalue weighted by Crippen LogP contribution is 2.46. The predicted molar refractivity (Wildman–Crippen MR) is 138 cm³/mol. The number of benzene rings is 2. The zero-order valence-corrected chi connectivity index (χ0v) is 20.9. The lowest BCUT2D eigenvalue weighted by Crippen LogP contribution is -2.39. The smallest absolute Gasteiger partial charge is 0.159 e. The summed E-state index contributed by atoms with van der Waals surface area (Å²) < 4.78 is 11.0. The number of nitrogens with zero attached hydrogens (tertiary/aromatic N) is 1. The van der Waals surface area contributed by atoms with E-state index < -0.39 is 0 Å². The van der Waals surface area contributed by atoms with Crippen molar-refractivity contribution in [2.75, 3.05) is 32.2 Å². The van der Waals surface area contributed by atoms with Crippen LogP contribution in [0.4, 0.5) is 5.69 Å². The van der Waals surface area contributed by atoms with Crippen molar-refractivity contribution in [2.45, 2.75) is 70.0 Å². The molecule has 34 heavy (non-hydrogen) atoms. The number of anilines is 1. The molecule has 184 valence electrons. The molecule has 3 aliphatic rings. The van der Waals surface area contributed by atoms with Crippen LogP contribution in [-0.4, -0.2) is 38.7 Å². The lowest BCUT2D eigenvalue weighted by atomic mass is 9.69. The molecule has 0 bridgehead atoms. The monoisotopic (exact) mass is 463 g/mol. The van der Waals surface area contributed by atoms with Crippen molar-refractivity contribution in [2.24, 2.45) is 17.8 Å². The van der Waals surface area contributed by atoms with Gasteiger partial charge in [-0.25, -0.2) is 0 Å². The van der Waals surface area contributed by atoms with Gasteiger partial charge < -0.3 is 19.5 Å². The first-order valence-electron chi connectivity index (χ1n) is 13.4. The number of phenols is 1. The first kappa shape index (κ1) is 23.7. The summed E-state index contributed by atoms with van der Waals surface area (Å²) in [6, 6.07) is 15.5. The molecular formula is C30H41NO3. The van der Waals surface area contributed by atoms with Crippen molar-refractivity contribution in [3.05, 3.63) is 59.2 Å². The Balaban J connectivity index is 1.34. The zero-order chi connectivity index (χ0) is 23.5. The standard InChI is InChI=1S/C30H41NO3/c1-33-30(34-2)23-15-17-31(18-16-23)26-11-9-22(10-12-26)29-25(19-21-5-3-4-6-21)8-7-24-20-27(32)13-14-28(24)29/h9-14,20-21,23,25,29-30,32H,3-8,15-19H2,1-2H3/t25-,29+/m0/s1. The number of methoxy groups -OCH3 is 2. The lowest BCUT2D eigenvalue weighted by molar-refractivity contribution is -0.141. The van der Waals surface area contributed by atoms with Gasteiger partial charge in [-0.3, -0.25) is 0 Å². The lowest BCUT2D eigenvalue weighted by Gasteiger charge is -2.37. The van der Waals surface area contributed by atoms with E-state index in [0.29, 0.717) is 23.5 Å². The van der Waals surface area contributed by atoms with E-state index in [1.165, 1.54) is 60.9 Å². The highest BCUT2D eigenvalue weighted by Gasteiger charge is 2.33. The summed E-state index contributed by atoms with van der Waals surface area (Å²) in [6.45, 7) is 2.09. The molecule has 0 amide bonds. The predicted octanol–water partition coefficient (Wildman–Crippen LogP) is 6.50. The van der Waals surface area contributed by atoms with Crippen molar-refractivity contribution in [1.29, 1.82) is 0 Å². The molecule has 2 atom stereocenters. The maximum atomic E-state index is 10.1. The Morgan fingerprint density at radius 3 is 2.29 bits per heavy atom. The van der Waals surface area contributed by atoms with Crippen LogP contribution in [0.2, 0.25) is 0 Å². The van der Waals surface area contributed by atoms with Gasteiger partial charge in [0.25, 0.3) is 0 Å². The molecule has 1 heterocycles. The quantitative estimate of drug-likeness (QED) is 0.476. The van der Waals surface area contributed by atoms with Crippen molar-refractivity contribution >= 4 is 5.69 Å². The molecule has 0 unspecified atom stereocenters. The van der Waals surface area contributed by atoms with E-state index in [4.69, 9.17) is 9.47 Å². The molecule has 4 heteroatoms. The van der Waals surface area contributed by atoms with Crippen LogP contribution in [-0.2, 0) is 15.9 Å². The first-order chi connectivity index (χ1) is 16.7. The number of hydrogen-bond acceptors (Lipinski definition) is 4. The van der Waals surface area contributed by atoms with Gasteiger partial charge in [-0.2, -0.15) is 0 Å². The molecule has 0 aromatic heterocycles. The second-order valence-corrected chi connectivity index (χ2v) is 10.8. The van der Waals surface area contributed by atoms with Crippen LogP contribution in [0.5, 0.6) is 5.75 Å². The topological polar surface area (TPSA) is 41.9 Å². The summed E-state index contributed by atoms with van der Waals surface area (Å²) >= 11 is 0. The van der Waals surface area contributed by atoms with Gasteiger partial charge in [-0.05, 0) is 84.9 Å². The Labute approximate surface area is 205 Å². The average molecular weight is 464 g/mol. The van der Waals surface area contributed by atoms with Crippen LogP contribution < -0.4 is 4.90 Å². The molecule has 2 aliphatic carbocycles. The average Bonchev–Trinajstić information content (AvgIpc) is 3.38. The minimum Gasteiger partial charge on any atom is -0.508 e. The Hall–Kier alpha value is -2.04. The molecular weight excluding hydrogens is 422 g/mol. The summed E-state index contributed by atoms with van der Waals surface area (Å²) in [5, 5.41) is 10.1. The highest BCUT2D eigenvalue weighted by molar-refractivity contribution is 5.51. The number of aromatic hydroxyl groups is 1. The summed E-state index contributed by atoms with van der Waals surface area (Å²) in [6.07, 6.45) is 11.4. The van der Waals surface area contributed by atoms with Crippen LogP contribution in [0, 0.1) is 17.8 Å². The summed E-state index contributed by atoms with van der Waals surface area (Å²) in [5.41, 5.74) is 5.53. The molecule has 1 N–H and O–H groups in total. The minimum absolute atomic E-state index is 0.0906. The molecule has 2 aromatic rings. The molecule has 5 rings (SSSR count). The minimum atomic E-state index is -0.0906. The Bertz CT molecular complexity index is 925. The summed E-state index contributed by atoms with van der Waals surface area (Å²) in [7, 11) is 3.48. The van der Waals surface area contributed by atoms with E-state index in [2.05, 4.69) is 35.2 Å². The summed E-state index contributed by atoms with van der Waals surface area (Å²) in [4.78, 5) is 2.51. The Morgan fingerprint density at radius 2 is 1.62 bits per heavy atom. The van der Waals surface area contributed by atoms with Gasteiger partial charge in [-0.1, -0.05) is 43.9 Å². The van der Waals surface area contributed by atoms with Gasteiger partial charge in [0.1, 0.15) is 5.75 Å². The highest BCUT2D eigenvalue weighted by atomic mass is 16.7. The van der Waals surface area contributed by atoms with Crippen molar-refractivity contribution in [3.63, 3.8) is 0 Å². The molecule has 0 spiro atoms. The molecule has 2 fully saturated rings. The van der Waals surface area contributed by atoms with E-state index in [1.54, 1.807) is 14.2 Å². The Morgan fingerprint density at radius 1 is 0.912 bits per heavy atom.